The van der Waals surface area contributed by atoms with E-state index in [1.165, 1.54) is 11.1 Å². The number of imidazole rings is 1. The number of carbonyl (C=O) groups is 2. The molecule has 0 spiro atoms. The molecular formula is C27H29N3O4. The first kappa shape index (κ1) is 22.3. The van der Waals surface area contributed by atoms with E-state index in [-0.39, 0.29) is 11.9 Å². The lowest BCUT2D eigenvalue weighted by molar-refractivity contribution is 0.0526. The molecule has 0 radical (unpaired) electrons. The molecule has 0 N–H and O–H groups in total. The number of hydrogen-bond acceptors (Lipinski definition) is 6. The van der Waals surface area contributed by atoms with Gasteiger partial charge in [-0.1, -0.05) is 26.0 Å². The van der Waals surface area contributed by atoms with Crippen LogP contribution in [0.1, 0.15) is 62.6 Å². The lowest BCUT2D eigenvalue weighted by atomic mass is 9.96. The molecule has 2 aromatic carbocycles. The van der Waals surface area contributed by atoms with Gasteiger partial charge < -0.3 is 14.0 Å². The largest absolute Gasteiger partial charge is 0.457 e. The van der Waals surface area contributed by atoms with Crippen LogP contribution in [0.15, 0.2) is 36.5 Å². The Morgan fingerprint density at radius 1 is 0.971 bits per heavy atom. The van der Waals surface area contributed by atoms with Gasteiger partial charge in [-0.3, -0.25) is 4.90 Å². The van der Waals surface area contributed by atoms with E-state index in [0.29, 0.717) is 24.3 Å². The molecule has 0 bridgehead atoms. The molecule has 0 unspecified atom stereocenters. The Bertz CT molecular complexity index is 1280. The number of benzene rings is 2. The first-order valence-electron chi connectivity index (χ1n) is 11.9. The van der Waals surface area contributed by atoms with E-state index in [9.17, 15) is 9.59 Å². The number of aromatic nitrogens is 2. The monoisotopic (exact) mass is 459 g/mol. The Morgan fingerprint density at radius 3 is 2.59 bits per heavy atom. The maximum atomic E-state index is 11.8. The smallest absolute Gasteiger partial charge is 0.338 e. The average Bonchev–Trinajstić information content (AvgIpc) is 3.57. The van der Waals surface area contributed by atoms with Crippen molar-refractivity contribution in [2.45, 2.75) is 53.5 Å². The van der Waals surface area contributed by atoms with E-state index in [1.807, 2.05) is 38.1 Å². The van der Waals surface area contributed by atoms with E-state index < -0.39 is 0 Å². The van der Waals surface area contributed by atoms with Crippen LogP contribution in [0.5, 0.6) is 0 Å². The van der Waals surface area contributed by atoms with Gasteiger partial charge >= 0.3 is 11.9 Å². The standard InChI is InChI=1S/C25H23N3O4.C2H6/c1-15-16(2-5-20-21(15)14-32-25(20)30)6-7-27-8-9-28-11-22(26-23(28)12-27)17-3-4-19-18(10-17)13-31-24(19)29;1-2/h2-5,10-11H,6-9,12-14H2,1H3;1-2H3. The second-order valence-electron chi connectivity index (χ2n) is 8.66. The van der Waals surface area contributed by atoms with Gasteiger partial charge in [-0.25, -0.2) is 14.6 Å². The predicted octanol–water partition coefficient (Wildman–Crippen LogP) is 4.28. The molecule has 3 aliphatic rings. The maximum Gasteiger partial charge on any atom is 0.338 e. The fourth-order valence-corrected chi connectivity index (χ4v) is 4.87. The van der Waals surface area contributed by atoms with Crippen LogP contribution in [0, 0.1) is 6.92 Å². The molecule has 0 atom stereocenters. The highest BCUT2D eigenvalue weighted by Crippen LogP contribution is 2.29. The van der Waals surface area contributed by atoms with Crippen LogP contribution in [-0.4, -0.2) is 39.5 Å². The minimum Gasteiger partial charge on any atom is -0.457 e. The molecule has 34 heavy (non-hydrogen) atoms. The molecule has 7 nitrogen and oxygen atoms in total. The number of hydrogen-bond donors (Lipinski definition) is 0. The van der Waals surface area contributed by atoms with E-state index >= 15 is 0 Å². The molecule has 0 saturated heterocycles. The molecule has 176 valence electrons. The molecule has 3 aliphatic heterocycles. The predicted molar refractivity (Wildman–Crippen MR) is 127 cm³/mol. The van der Waals surface area contributed by atoms with Gasteiger partial charge in [-0.05, 0) is 42.7 Å². The van der Waals surface area contributed by atoms with Crippen molar-refractivity contribution in [3.63, 3.8) is 0 Å². The van der Waals surface area contributed by atoms with Crippen LogP contribution in [0.2, 0.25) is 0 Å². The number of carbonyl (C=O) groups excluding carboxylic acids is 2. The Labute approximate surface area is 199 Å². The van der Waals surface area contributed by atoms with E-state index in [0.717, 1.165) is 60.8 Å². The third-order valence-corrected chi connectivity index (χ3v) is 6.84. The molecule has 0 saturated carbocycles. The normalized spacial score (nSPS) is 16.2. The van der Waals surface area contributed by atoms with Crippen molar-refractivity contribution in [3.05, 3.63) is 75.7 Å². The molecule has 7 heteroatoms. The molecule has 4 heterocycles. The van der Waals surface area contributed by atoms with Crippen LogP contribution in [0.3, 0.4) is 0 Å². The number of ether oxygens (including phenoxy) is 2. The van der Waals surface area contributed by atoms with Gasteiger partial charge in [0.25, 0.3) is 0 Å². The Balaban J connectivity index is 0.00000117. The topological polar surface area (TPSA) is 73.7 Å². The van der Waals surface area contributed by atoms with Crippen LogP contribution in [0.25, 0.3) is 11.3 Å². The van der Waals surface area contributed by atoms with Crippen LogP contribution >= 0.6 is 0 Å². The Morgan fingerprint density at radius 2 is 1.74 bits per heavy atom. The zero-order chi connectivity index (χ0) is 23.8. The molecule has 1 aromatic heterocycles. The lowest BCUT2D eigenvalue weighted by Gasteiger charge is -2.27. The Hall–Kier alpha value is -3.45. The van der Waals surface area contributed by atoms with Crippen molar-refractivity contribution in [3.8, 4) is 11.3 Å². The summed E-state index contributed by atoms with van der Waals surface area (Å²) in [6, 6.07) is 9.76. The fourth-order valence-electron chi connectivity index (χ4n) is 4.87. The summed E-state index contributed by atoms with van der Waals surface area (Å²) in [5.74, 6) is 0.601. The van der Waals surface area contributed by atoms with Crippen molar-refractivity contribution in [1.29, 1.82) is 0 Å². The van der Waals surface area contributed by atoms with Gasteiger partial charge in [0.1, 0.15) is 19.0 Å². The van der Waals surface area contributed by atoms with Gasteiger partial charge in [0.15, 0.2) is 0 Å². The summed E-state index contributed by atoms with van der Waals surface area (Å²) < 4.78 is 12.5. The van der Waals surface area contributed by atoms with Crippen LogP contribution in [-0.2, 0) is 42.2 Å². The van der Waals surface area contributed by atoms with Gasteiger partial charge in [0.05, 0.1) is 23.4 Å². The summed E-state index contributed by atoms with van der Waals surface area (Å²) in [6.45, 7) is 10.4. The third-order valence-electron chi connectivity index (χ3n) is 6.84. The molecule has 6 rings (SSSR count). The molecule has 0 fully saturated rings. The fraction of sp³-hybridized carbons (Fsp3) is 0.370. The highest BCUT2D eigenvalue weighted by atomic mass is 16.5. The summed E-state index contributed by atoms with van der Waals surface area (Å²) >= 11 is 0. The zero-order valence-corrected chi connectivity index (χ0v) is 19.9. The lowest BCUT2D eigenvalue weighted by Crippen LogP contribution is -2.35. The van der Waals surface area contributed by atoms with Crippen molar-refractivity contribution in [1.82, 2.24) is 14.5 Å². The van der Waals surface area contributed by atoms with E-state index in [1.54, 1.807) is 0 Å². The van der Waals surface area contributed by atoms with Crippen molar-refractivity contribution < 1.29 is 19.1 Å². The zero-order valence-electron chi connectivity index (χ0n) is 19.9. The SMILES string of the molecule is CC.Cc1c(CCN2CCn3cc(-c4ccc5c(c4)COC5=O)nc3C2)ccc2c1COC2=O. The summed E-state index contributed by atoms with van der Waals surface area (Å²) in [5.41, 5.74) is 7.72. The van der Waals surface area contributed by atoms with Crippen LogP contribution in [0.4, 0.5) is 0 Å². The van der Waals surface area contributed by atoms with E-state index in [4.69, 9.17) is 14.5 Å². The van der Waals surface area contributed by atoms with Crippen molar-refractivity contribution in [2.75, 3.05) is 13.1 Å². The number of rotatable bonds is 4. The first-order valence-corrected chi connectivity index (χ1v) is 11.9. The van der Waals surface area contributed by atoms with Gasteiger partial charge in [-0.15, -0.1) is 0 Å². The quantitative estimate of drug-likeness (QED) is 0.542. The minimum absolute atomic E-state index is 0.212. The second kappa shape index (κ2) is 9.06. The number of nitrogens with zero attached hydrogens (tertiary/aromatic N) is 3. The number of esters is 2. The molecule has 0 amide bonds. The summed E-state index contributed by atoms with van der Waals surface area (Å²) in [5, 5.41) is 0. The minimum atomic E-state index is -0.246. The maximum absolute atomic E-state index is 11.8. The summed E-state index contributed by atoms with van der Waals surface area (Å²) in [7, 11) is 0. The summed E-state index contributed by atoms with van der Waals surface area (Å²) in [4.78, 5) is 30.8. The number of fused-ring (bicyclic) bond motifs is 3. The van der Waals surface area contributed by atoms with Gasteiger partial charge in [0.2, 0.25) is 0 Å². The van der Waals surface area contributed by atoms with Crippen LogP contribution < -0.4 is 0 Å². The molecular weight excluding hydrogens is 430 g/mol. The van der Waals surface area contributed by atoms with Gasteiger partial charge in [-0.2, -0.15) is 0 Å². The van der Waals surface area contributed by atoms with Crippen molar-refractivity contribution >= 4 is 11.9 Å². The van der Waals surface area contributed by atoms with E-state index in [2.05, 4.69) is 28.7 Å². The van der Waals surface area contributed by atoms with Crippen molar-refractivity contribution in [2.24, 2.45) is 0 Å². The highest BCUT2D eigenvalue weighted by Gasteiger charge is 2.25. The highest BCUT2D eigenvalue weighted by molar-refractivity contribution is 5.94. The molecule has 3 aromatic rings. The summed E-state index contributed by atoms with van der Waals surface area (Å²) in [6.07, 6.45) is 3.04. The third kappa shape index (κ3) is 3.90. The molecule has 0 aliphatic carbocycles. The second-order valence-corrected chi connectivity index (χ2v) is 8.66. The first-order chi connectivity index (χ1) is 16.6. The Kier molecular flexibility index (Phi) is 5.96. The van der Waals surface area contributed by atoms with Gasteiger partial charge in [0, 0.05) is 42.5 Å². The average molecular weight is 460 g/mol. The number of cyclic esters (lactones) is 2.